The fourth-order valence-corrected chi connectivity index (χ4v) is 13.2. The molecule has 0 saturated carbocycles. The molecular weight excluding hydrogens is 878 g/mol. The number of para-hydroxylation sites is 2. The van der Waals surface area contributed by atoms with Crippen molar-refractivity contribution in [2.24, 2.45) is 0 Å². The second-order valence-electron chi connectivity index (χ2n) is 23.7. The summed E-state index contributed by atoms with van der Waals surface area (Å²) >= 11 is 1.94. The highest BCUT2D eigenvalue weighted by Gasteiger charge is 2.48. The van der Waals surface area contributed by atoms with Crippen LogP contribution >= 0.6 is 11.3 Å². The lowest BCUT2D eigenvalue weighted by Gasteiger charge is -2.47. The topological polar surface area (TPSA) is 9.72 Å². The third-order valence-electron chi connectivity index (χ3n) is 16.0. The molecule has 0 spiro atoms. The average molecular weight is 942 g/mol. The first-order chi connectivity index (χ1) is 34.0. The molecule has 0 atom stereocenters. The van der Waals surface area contributed by atoms with Gasteiger partial charge in [-0.05, 0) is 157 Å². The summed E-state index contributed by atoms with van der Waals surface area (Å²) in [5.74, 6) is 0. The first-order valence-corrected chi connectivity index (χ1v) is 26.5. The summed E-state index contributed by atoms with van der Waals surface area (Å²) in [6, 6.07) is 69.2. The Morgan fingerprint density at radius 1 is 0.479 bits per heavy atom. The molecule has 3 nitrogen and oxygen atoms in total. The van der Waals surface area contributed by atoms with E-state index in [9.17, 15) is 0 Å². The van der Waals surface area contributed by atoms with Crippen LogP contribution < -0.4 is 31.1 Å². The molecule has 9 aromatic rings. The average Bonchev–Trinajstić information content (AvgIpc) is 3.74. The highest BCUT2D eigenvalue weighted by molar-refractivity contribution is 7.26. The van der Waals surface area contributed by atoms with Gasteiger partial charge in [-0.3, -0.25) is 0 Å². The van der Waals surface area contributed by atoms with Gasteiger partial charge in [-0.1, -0.05) is 178 Å². The maximum atomic E-state index is 2.67. The molecule has 0 radical (unpaired) electrons. The molecule has 0 amide bonds. The number of hydrogen-bond acceptors (Lipinski definition) is 4. The standard InChI is InChI=1S/C66H64BN3S/c1-63(2,3)44-30-33-48(34-31-44)69-56-42-53-52(65(7,8)36-37-66(53,9)10)41-54(56)67-60-50-28-20-21-29-59(50)71-62(60)70(55-35-32-45(64(4,5)6)38-51(55)43-22-14-11-15-23-43)58-40-49(39-57(69)61(58)67)68(46-24-16-12-17-25-46)47-26-18-13-19-27-47/h11-35,38-42H,36-37H2,1-10H3. The van der Waals surface area contributed by atoms with Crippen LogP contribution in [0.1, 0.15) is 104 Å². The van der Waals surface area contributed by atoms with Crippen LogP contribution in [-0.4, -0.2) is 6.71 Å². The third kappa shape index (κ3) is 7.45. The van der Waals surface area contributed by atoms with E-state index in [4.69, 9.17) is 0 Å². The first-order valence-electron chi connectivity index (χ1n) is 25.7. The summed E-state index contributed by atoms with van der Waals surface area (Å²) in [5.41, 5.74) is 21.5. The molecule has 352 valence electrons. The van der Waals surface area contributed by atoms with Crippen molar-refractivity contribution in [2.45, 2.75) is 104 Å². The van der Waals surface area contributed by atoms with E-state index in [-0.39, 0.29) is 28.4 Å². The second kappa shape index (κ2) is 16.4. The smallest absolute Gasteiger partial charge is 0.254 e. The van der Waals surface area contributed by atoms with Crippen LogP contribution in [0.25, 0.3) is 21.2 Å². The molecule has 0 bridgehead atoms. The number of rotatable bonds is 6. The Kier molecular flexibility index (Phi) is 10.4. The zero-order chi connectivity index (χ0) is 49.2. The number of nitrogens with zero attached hydrogens (tertiary/aromatic N) is 3. The van der Waals surface area contributed by atoms with Gasteiger partial charge in [0, 0.05) is 44.4 Å². The van der Waals surface area contributed by atoms with Gasteiger partial charge in [-0.25, -0.2) is 0 Å². The maximum absolute atomic E-state index is 2.67. The van der Waals surface area contributed by atoms with Crippen molar-refractivity contribution in [3.8, 4) is 11.1 Å². The number of thiophene rings is 1. The van der Waals surface area contributed by atoms with E-state index in [0.717, 1.165) is 29.9 Å². The van der Waals surface area contributed by atoms with Gasteiger partial charge < -0.3 is 14.7 Å². The molecule has 3 heterocycles. The second-order valence-corrected chi connectivity index (χ2v) is 24.7. The SMILES string of the molecule is CC(C)(C)c1ccc(N2c3cc4c(cc3B3c5c2cc(N(c2ccccc2)c2ccccc2)cc5N(c2ccc(C(C)(C)C)cc2-c2ccccc2)c2sc5ccccc5c23)C(C)(C)CCC4(C)C)cc1. The van der Waals surface area contributed by atoms with Gasteiger partial charge in [0.2, 0.25) is 0 Å². The van der Waals surface area contributed by atoms with E-state index in [0.29, 0.717) is 0 Å². The number of benzene rings is 8. The van der Waals surface area contributed by atoms with Crippen LogP contribution in [0.2, 0.25) is 0 Å². The van der Waals surface area contributed by atoms with Gasteiger partial charge in [0.1, 0.15) is 0 Å². The summed E-state index contributed by atoms with van der Waals surface area (Å²) in [6.45, 7) is 23.8. The molecule has 0 fully saturated rings. The summed E-state index contributed by atoms with van der Waals surface area (Å²) < 4.78 is 1.31. The predicted octanol–water partition coefficient (Wildman–Crippen LogP) is 17.1. The third-order valence-corrected chi connectivity index (χ3v) is 17.2. The number of fused-ring (bicyclic) bond motifs is 7. The molecule has 3 aliphatic rings. The fourth-order valence-electron chi connectivity index (χ4n) is 11.9. The van der Waals surface area contributed by atoms with Crippen LogP contribution in [-0.2, 0) is 21.7 Å². The quantitative estimate of drug-likeness (QED) is 0.154. The summed E-state index contributed by atoms with van der Waals surface area (Å²) in [6.07, 6.45) is 2.30. The molecular formula is C66H64BN3S. The van der Waals surface area contributed by atoms with Gasteiger partial charge in [0.25, 0.3) is 6.71 Å². The van der Waals surface area contributed by atoms with Gasteiger partial charge in [0.05, 0.1) is 16.4 Å². The zero-order valence-corrected chi connectivity index (χ0v) is 43.9. The Labute approximate surface area is 426 Å². The van der Waals surface area contributed by atoms with Crippen LogP contribution in [0.15, 0.2) is 182 Å². The van der Waals surface area contributed by atoms with Crippen LogP contribution in [0.4, 0.5) is 50.5 Å². The number of anilines is 9. The Morgan fingerprint density at radius 3 is 1.62 bits per heavy atom. The Morgan fingerprint density at radius 2 is 1.01 bits per heavy atom. The highest BCUT2D eigenvalue weighted by atomic mass is 32.1. The molecule has 0 saturated heterocycles. The molecule has 2 aliphatic heterocycles. The van der Waals surface area contributed by atoms with Crippen molar-refractivity contribution in [1.29, 1.82) is 0 Å². The van der Waals surface area contributed by atoms with Crippen molar-refractivity contribution >= 4 is 95.0 Å². The Bertz CT molecular complexity index is 3460. The monoisotopic (exact) mass is 941 g/mol. The van der Waals surface area contributed by atoms with Crippen LogP contribution in [0.3, 0.4) is 0 Å². The van der Waals surface area contributed by atoms with E-state index >= 15 is 0 Å². The maximum Gasteiger partial charge on any atom is 0.254 e. The summed E-state index contributed by atoms with van der Waals surface area (Å²) in [5, 5.41) is 2.61. The van der Waals surface area contributed by atoms with E-state index < -0.39 is 0 Å². The van der Waals surface area contributed by atoms with Crippen molar-refractivity contribution in [2.75, 3.05) is 14.7 Å². The van der Waals surface area contributed by atoms with Crippen LogP contribution in [0, 0.1) is 0 Å². The molecule has 1 aliphatic carbocycles. The fraction of sp³-hybridized carbons (Fsp3) is 0.242. The minimum Gasteiger partial charge on any atom is -0.311 e. The molecule has 71 heavy (non-hydrogen) atoms. The molecule has 0 unspecified atom stereocenters. The minimum atomic E-state index is -0.0446. The van der Waals surface area contributed by atoms with E-state index in [2.05, 4.69) is 266 Å². The van der Waals surface area contributed by atoms with Crippen molar-refractivity contribution < 1.29 is 0 Å². The van der Waals surface area contributed by atoms with E-state index in [1.807, 2.05) is 11.3 Å². The lowest BCUT2D eigenvalue weighted by molar-refractivity contribution is 0.332. The highest BCUT2D eigenvalue weighted by Crippen LogP contribution is 2.54. The predicted molar refractivity (Wildman–Crippen MR) is 309 cm³/mol. The number of hydrogen-bond donors (Lipinski definition) is 0. The molecule has 8 aromatic carbocycles. The van der Waals surface area contributed by atoms with E-state index in [1.165, 1.54) is 93.3 Å². The lowest BCUT2D eigenvalue weighted by atomic mass is 9.33. The largest absolute Gasteiger partial charge is 0.311 e. The Hall–Kier alpha value is -6.82. The zero-order valence-electron chi connectivity index (χ0n) is 43.1. The molecule has 12 rings (SSSR count). The Balaban J connectivity index is 1.26. The molecule has 5 heteroatoms. The van der Waals surface area contributed by atoms with Gasteiger partial charge >= 0.3 is 0 Å². The normalized spacial score (nSPS) is 15.5. The molecule has 1 aromatic heterocycles. The van der Waals surface area contributed by atoms with Gasteiger partial charge in [-0.15, -0.1) is 11.3 Å². The van der Waals surface area contributed by atoms with Gasteiger partial charge in [0.15, 0.2) is 0 Å². The van der Waals surface area contributed by atoms with E-state index in [1.54, 1.807) is 0 Å². The van der Waals surface area contributed by atoms with Crippen LogP contribution in [0.5, 0.6) is 0 Å². The van der Waals surface area contributed by atoms with Gasteiger partial charge in [-0.2, -0.15) is 0 Å². The van der Waals surface area contributed by atoms with Crippen molar-refractivity contribution in [3.63, 3.8) is 0 Å². The lowest BCUT2D eigenvalue weighted by Crippen LogP contribution is -2.61. The first kappa shape index (κ1) is 45.3. The van der Waals surface area contributed by atoms with Crippen molar-refractivity contribution in [1.82, 2.24) is 0 Å². The minimum absolute atomic E-state index is 0.0129. The van der Waals surface area contributed by atoms with Crippen molar-refractivity contribution in [3.05, 3.63) is 204 Å². The summed E-state index contributed by atoms with van der Waals surface area (Å²) in [4.78, 5) is 7.77. The molecule has 0 N–H and O–H groups in total. The summed E-state index contributed by atoms with van der Waals surface area (Å²) in [7, 11) is 0.